The lowest BCUT2D eigenvalue weighted by atomic mass is 9.96. The van der Waals surface area contributed by atoms with Crippen molar-refractivity contribution in [3.05, 3.63) is 35.5 Å². The lowest BCUT2D eigenvalue weighted by Crippen LogP contribution is -2.44. The number of fused-ring (bicyclic) bond motifs is 1. The van der Waals surface area contributed by atoms with Crippen LogP contribution in [0.15, 0.2) is 22.7 Å². The number of nitrogens with zero attached hydrogens (tertiary/aromatic N) is 3. The SMILES string of the molecule is CCOc1ccc2c(c1)CC(c1nc(C3CNCCN3C)no1)CO2. The molecule has 4 rings (SSSR count). The minimum Gasteiger partial charge on any atom is -0.494 e. The summed E-state index contributed by atoms with van der Waals surface area (Å²) < 4.78 is 17.1. The van der Waals surface area contributed by atoms with Gasteiger partial charge in [0.1, 0.15) is 18.1 Å². The predicted octanol–water partition coefficient (Wildman–Crippen LogP) is 1.76. The molecule has 0 spiro atoms. The maximum Gasteiger partial charge on any atom is 0.233 e. The molecule has 3 heterocycles. The molecule has 1 aromatic heterocycles. The van der Waals surface area contributed by atoms with E-state index in [1.165, 1.54) is 0 Å². The largest absolute Gasteiger partial charge is 0.494 e. The van der Waals surface area contributed by atoms with E-state index in [1.54, 1.807) is 0 Å². The Hall–Kier alpha value is -2.12. The molecule has 2 aromatic rings. The minimum absolute atomic E-state index is 0.0764. The van der Waals surface area contributed by atoms with Crippen molar-refractivity contribution in [1.29, 1.82) is 0 Å². The Bertz CT molecular complexity index is 733. The van der Waals surface area contributed by atoms with E-state index in [0.717, 1.165) is 48.9 Å². The molecule has 7 heteroatoms. The van der Waals surface area contributed by atoms with Gasteiger partial charge in [-0.2, -0.15) is 4.98 Å². The van der Waals surface area contributed by atoms with Crippen LogP contribution in [0.3, 0.4) is 0 Å². The first-order valence-corrected chi connectivity index (χ1v) is 8.87. The summed E-state index contributed by atoms with van der Waals surface area (Å²) in [4.78, 5) is 6.93. The van der Waals surface area contributed by atoms with Gasteiger partial charge in [0.15, 0.2) is 5.82 Å². The van der Waals surface area contributed by atoms with E-state index >= 15 is 0 Å². The lowest BCUT2D eigenvalue weighted by molar-refractivity contribution is 0.189. The van der Waals surface area contributed by atoms with E-state index in [2.05, 4.69) is 27.4 Å². The van der Waals surface area contributed by atoms with E-state index < -0.39 is 0 Å². The molecule has 0 aliphatic carbocycles. The summed E-state index contributed by atoms with van der Waals surface area (Å²) in [5.74, 6) is 3.26. The normalized spacial score (nSPS) is 23.8. The Balaban J connectivity index is 1.51. The van der Waals surface area contributed by atoms with Gasteiger partial charge >= 0.3 is 0 Å². The molecule has 134 valence electrons. The van der Waals surface area contributed by atoms with Gasteiger partial charge in [-0.3, -0.25) is 4.90 Å². The van der Waals surface area contributed by atoms with Crippen molar-refractivity contribution in [2.24, 2.45) is 0 Å². The standard InChI is InChI=1S/C18H24N4O3/c1-3-23-14-4-5-16-12(9-14)8-13(11-24-16)18-20-17(21-25-18)15-10-19-6-7-22(15)2/h4-5,9,13,15,19H,3,6-8,10-11H2,1-2H3. The third kappa shape index (κ3) is 3.34. The fourth-order valence-electron chi connectivity index (χ4n) is 3.43. The highest BCUT2D eigenvalue weighted by Gasteiger charge is 2.30. The van der Waals surface area contributed by atoms with Gasteiger partial charge in [0.2, 0.25) is 5.89 Å². The summed E-state index contributed by atoms with van der Waals surface area (Å²) in [7, 11) is 2.09. The van der Waals surface area contributed by atoms with Gasteiger partial charge in [0, 0.05) is 19.6 Å². The minimum atomic E-state index is 0.0764. The average molecular weight is 344 g/mol. The molecule has 0 radical (unpaired) electrons. The molecule has 2 aliphatic heterocycles. The highest BCUT2D eigenvalue weighted by molar-refractivity contribution is 5.42. The molecule has 0 saturated carbocycles. The fourth-order valence-corrected chi connectivity index (χ4v) is 3.43. The maximum absolute atomic E-state index is 5.89. The van der Waals surface area contributed by atoms with Crippen LogP contribution in [0.2, 0.25) is 0 Å². The molecular weight excluding hydrogens is 320 g/mol. The van der Waals surface area contributed by atoms with Crippen molar-refractivity contribution >= 4 is 0 Å². The smallest absolute Gasteiger partial charge is 0.233 e. The van der Waals surface area contributed by atoms with Crippen LogP contribution >= 0.6 is 0 Å². The first kappa shape index (κ1) is 16.4. The maximum atomic E-state index is 5.89. The molecule has 0 bridgehead atoms. The first-order valence-electron chi connectivity index (χ1n) is 8.87. The summed E-state index contributed by atoms with van der Waals surface area (Å²) in [5.41, 5.74) is 1.12. The van der Waals surface area contributed by atoms with E-state index in [9.17, 15) is 0 Å². The summed E-state index contributed by atoms with van der Waals surface area (Å²) in [6.45, 7) is 6.01. The highest BCUT2D eigenvalue weighted by atomic mass is 16.5. The third-order valence-electron chi connectivity index (χ3n) is 4.87. The van der Waals surface area contributed by atoms with Crippen molar-refractivity contribution in [1.82, 2.24) is 20.4 Å². The topological polar surface area (TPSA) is 72.7 Å². The molecule has 1 aromatic carbocycles. The number of rotatable bonds is 4. The monoisotopic (exact) mass is 344 g/mol. The van der Waals surface area contributed by atoms with E-state index in [-0.39, 0.29) is 12.0 Å². The number of nitrogens with one attached hydrogen (secondary N) is 1. The van der Waals surface area contributed by atoms with Gasteiger partial charge < -0.3 is 19.3 Å². The zero-order valence-corrected chi connectivity index (χ0v) is 14.7. The molecule has 2 unspecified atom stereocenters. The van der Waals surface area contributed by atoms with Crippen molar-refractivity contribution in [3.8, 4) is 11.5 Å². The van der Waals surface area contributed by atoms with E-state index in [0.29, 0.717) is 19.1 Å². The predicted molar refractivity (Wildman–Crippen MR) is 92.1 cm³/mol. The Kier molecular flexibility index (Phi) is 4.59. The molecule has 2 aliphatic rings. The number of likely N-dealkylation sites (N-methyl/N-ethyl adjacent to an activating group) is 1. The van der Waals surface area contributed by atoms with Crippen LogP contribution in [0.25, 0.3) is 0 Å². The summed E-state index contributed by atoms with van der Waals surface area (Å²) in [5, 5.41) is 7.60. The van der Waals surface area contributed by atoms with Gasteiger partial charge in [-0.15, -0.1) is 0 Å². The molecule has 1 fully saturated rings. The summed E-state index contributed by atoms with van der Waals surface area (Å²) >= 11 is 0. The molecule has 0 amide bonds. The van der Waals surface area contributed by atoms with Gasteiger partial charge in [-0.05, 0) is 44.2 Å². The van der Waals surface area contributed by atoms with E-state index in [4.69, 9.17) is 14.0 Å². The molecule has 2 atom stereocenters. The van der Waals surface area contributed by atoms with Crippen LogP contribution in [-0.2, 0) is 6.42 Å². The Morgan fingerprint density at radius 2 is 2.32 bits per heavy atom. The number of piperazine rings is 1. The Morgan fingerprint density at radius 1 is 1.40 bits per heavy atom. The summed E-state index contributed by atoms with van der Waals surface area (Å²) in [6, 6.07) is 6.12. The van der Waals surface area contributed by atoms with Crippen LogP contribution in [0.5, 0.6) is 11.5 Å². The molecular formula is C18H24N4O3. The number of hydrogen-bond donors (Lipinski definition) is 1. The zero-order chi connectivity index (χ0) is 17.2. The highest BCUT2D eigenvalue weighted by Crippen LogP contribution is 2.34. The van der Waals surface area contributed by atoms with Crippen LogP contribution in [0, 0.1) is 0 Å². The van der Waals surface area contributed by atoms with Crippen LogP contribution in [0.1, 0.15) is 36.2 Å². The first-order chi connectivity index (χ1) is 12.2. The van der Waals surface area contributed by atoms with E-state index in [1.807, 2.05) is 25.1 Å². The average Bonchev–Trinajstić information content (AvgIpc) is 3.12. The van der Waals surface area contributed by atoms with Crippen LogP contribution < -0.4 is 14.8 Å². The number of hydrogen-bond acceptors (Lipinski definition) is 7. The van der Waals surface area contributed by atoms with Crippen LogP contribution in [0.4, 0.5) is 0 Å². The Morgan fingerprint density at radius 3 is 3.16 bits per heavy atom. The second-order valence-corrected chi connectivity index (χ2v) is 6.61. The second-order valence-electron chi connectivity index (χ2n) is 6.61. The molecule has 7 nitrogen and oxygen atoms in total. The number of benzene rings is 1. The molecule has 25 heavy (non-hydrogen) atoms. The second kappa shape index (κ2) is 7.01. The van der Waals surface area contributed by atoms with Crippen LogP contribution in [-0.4, -0.2) is 54.9 Å². The lowest BCUT2D eigenvalue weighted by Gasteiger charge is -2.30. The van der Waals surface area contributed by atoms with Gasteiger partial charge in [-0.25, -0.2) is 0 Å². The van der Waals surface area contributed by atoms with Crippen molar-refractivity contribution in [2.45, 2.75) is 25.3 Å². The molecule has 1 N–H and O–H groups in total. The van der Waals surface area contributed by atoms with Gasteiger partial charge in [-0.1, -0.05) is 5.16 Å². The quantitative estimate of drug-likeness (QED) is 0.906. The number of aromatic nitrogens is 2. The zero-order valence-electron chi connectivity index (χ0n) is 14.7. The summed E-state index contributed by atoms with van der Waals surface area (Å²) in [6.07, 6.45) is 0.816. The third-order valence-corrected chi connectivity index (χ3v) is 4.87. The number of ether oxygens (including phenoxy) is 2. The van der Waals surface area contributed by atoms with Gasteiger partial charge in [0.05, 0.1) is 18.6 Å². The molecule has 1 saturated heterocycles. The van der Waals surface area contributed by atoms with Gasteiger partial charge in [0.25, 0.3) is 0 Å². The van der Waals surface area contributed by atoms with Crippen molar-refractivity contribution in [3.63, 3.8) is 0 Å². The van der Waals surface area contributed by atoms with Crippen molar-refractivity contribution < 1.29 is 14.0 Å². The Labute approximate surface area is 147 Å². The fraction of sp³-hybridized carbons (Fsp3) is 0.556. The van der Waals surface area contributed by atoms with Crippen molar-refractivity contribution in [2.75, 3.05) is 39.9 Å².